The molecule has 1 saturated heterocycles. The Hall–Kier alpha value is -1.93. The number of hydrogen-bond acceptors (Lipinski definition) is 3. The molecule has 1 heterocycles. The van der Waals surface area contributed by atoms with Crippen molar-refractivity contribution in [1.82, 2.24) is 4.90 Å². The molecule has 0 bridgehead atoms. The van der Waals surface area contributed by atoms with E-state index in [2.05, 4.69) is 0 Å². The molecule has 1 fully saturated rings. The van der Waals surface area contributed by atoms with Gasteiger partial charge in [0.05, 0.1) is 11.0 Å². The lowest BCUT2D eigenvalue weighted by Gasteiger charge is -2.37. The molecule has 1 unspecified atom stereocenters. The van der Waals surface area contributed by atoms with Crippen molar-refractivity contribution in [3.8, 4) is 6.07 Å². The van der Waals surface area contributed by atoms with Crippen LogP contribution in [0.5, 0.6) is 0 Å². The summed E-state index contributed by atoms with van der Waals surface area (Å²) in [6.45, 7) is 3.21. The molecular weight excluding hydrogens is 259 g/mol. The maximum Gasteiger partial charge on any atom is 0.310 e. The van der Waals surface area contributed by atoms with Crippen molar-refractivity contribution in [2.75, 3.05) is 13.1 Å². The Bertz CT molecular complexity index is 567. The van der Waals surface area contributed by atoms with Gasteiger partial charge in [-0.3, -0.25) is 9.69 Å². The molecule has 0 aromatic heterocycles. The minimum atomic E-state index is -0.812. The standard InChI is InChI=1S/C15H17FN2O2/c1-15(14(19)20)6-3-7-18(10-15)9-12-5-2-4-11(8-17)13(12)16/h2,4-5H,3,6-7,9-10H2,1H3,(H,19,20). The predicted octanol–water partition coefficient (Wildman–Crippen LogP) is 2.38. The van der Waals surface area contributed by atoms with Crippen LogP contribution in [0.2, 0.25) is 0 Å². The van der Waals surface area contributed by atoms with Gasteiger partial charge in [0.1, 0.15) is 11.9 Å². The van der Waals surface area contributed by atoms with Crippen molar-refractivity contribution >= 4 is 5.97 Å². The number of benzene rings is 1. The van der Waals surface area contributed by atoms with E-state index in [1.165, 1.54) is 6.07 Å². The summed E-state index contributed by atoms with van der Waals surface area (Å²) in [5, 5.41) is 18.1. The van der Waals surface area contributed by atoms with Crippen LogP contribution in [-0.2, 0) is 11.3 Å². The zero-order valence-electron chi connectivity index (χ0n) is 11.4. The van der Waals surface area contributed by atoms with Crippen molar-refractivity contribution in [3.05, 3.63) is 35.1 Å². The molecule has 1 N–H and O–H groups in total. The first-order valence-corrected chi connectivity index (χ1v) is 6.59. The van der Waals surface area contributed by atoms with Crippen LogP contribution in [0.1, 0.15) is 30.9 Å². The summed E-state index contributed by atoms with van der Waals surface area (Å²) in [5.74, 6) is -1.31. The van der Waals surface area contributed by atoms with Crippen LogP contribution >= 0.6 is 0 Å². The smallest absolute Gasteiger partial charge is 0.310 e. The largest absolute Gasteiger partial charge is 0.481 e. The van der Waals surface area contributed by atoms with Gasteiger partial charge in [-0.15, -0.1) is 0 Å². The van der Waals surface area contributed by atoms with E-state index in [1.54, 1.807) is 19.1 Å². The fraction of sp³-hybridized carbons (Fsp3) is 0.467. The molecule has 1 aromatic rings. The number of halogens is 1. The third-order valence-corrected chi connectivity index (χ3v) is 3.88. The van der Waals surface area contributed by atoms with Gasteiger partial charge in [0.25, 0.3) is 0 Å². The molecule has 106 valence electrons. The summed E-state index contributed by atoms with van der Waals surface area (Å²) in [6, 6.07) is 6.55. The lowest BCUT2D eigenvalue weighted by molar-refractivity contribution is -0.151. The number of carbonyl (C=O) groups is 1. The molecule has 1 atom stereocenters. The number of carboxylic acid groups (broad SMARTS) is 1. The zero-order valence-corrected chi connectivity index (χ0v) is 11.4. The highest BCUT2D eigenvalue weighted by atomic mass is 19.1. The molecule has 4 nitrogen and oxygen atoms in total. The van der Waals surface area contributed by atoms with Crippen molar-refractivity contribution in [2.24, 2.45) is 5.41 Å². The predicted molar refractivity (Wildman–Crippen MR) is 71.4 cm³/mol. The van der Waals surface area contributed by atoms with Crippen LogP contribution in [0.15, 0.2) is 18.2 Å². The summed E-state index contributed by atoms with van der Waals surface area (Å²) in [7, 11) is 0. The highest BCUT2D eigenvalue weighted by molar-refractivity contribution is 5.74. The summed E-state index contributed by atoms with van der Waals surface area (Å²) in [6.07, 6.45) is 1.42. The molecule has 1 aromatic carbocycles. The molecule has 5 heteroatoms. The molecule has 0 spiro atoms. The van der Waals surface area contributed by atoms with Crippen LogP contribution in [0.3, 0.4) is 0 Å². The van der Waals surface area contributed by atoms with Gasteiger partial charge >= 0.3 is 5.97 Å². The third-order valence-electron chi connectivity index (χ3n) is 3.88. The van der Waals surface area contributed by atoms with Crippen molar-refractivity contribution in [3.63, 3.8) is 0 Å². The average molecular weight is 276 g/mol. The number of likely N-dealkylation sites (tertiary alicyclic amines) is 1. The van der Waals surface area contributed by atoms with Gasteiger partial charge in [-0.25, -0.2) is 4.39 Å². The number of carboxylic acids is 1. The maximum atomic E-state index is 14.0. The highest BCUT2D eigenvalue weighted by Crippen LogP contribution is 2.30. The van der Waals surface area contributed by atoms with E-state index in [-0.39, 0.29) is 5.56 Å². The number of nitriles is 1. The summed E-state index contributed by atoms with van der Waals surface area (Å²) < 4.78 is 14.0. The van der Waals surface area contributed by atoms with Crippen LogP contribution in [0, 0.1) is 22.6 Å². The molecule has 0 radical (unpaired) electrons. The Morgan fingerprint density at radius 3 is 3.00 bits per heavy atom. The first-order chi connectivity index (χ1) is 9.46. The van der Waals surface area contributed by atoms with E-state index in [0.29, 0.717) is 25.1 Å². The van der Waals surface area contributed by atoms with E-state index < -0.39 is 17.2 Å². The molecule has 0 amide bonds. The van der Waals surface area contributed by atoms with Crippen LogP contribution in [0.25, 0.3) is 0 Å². The molecule has 20 heavy (non-hydrogen) atoms. The van der Waals surface area contributed by atoms with Gasteiger partial charge in [0, 0.05) is 18.7 Å². The summed E-state index contributed by atoms with van der Waals surface area (Å²) in [5.41, 5.74) is -0.305. The molecule has 1 aliphatic heterocycles. The van der Waals surface area contributed by atoms with Gasteiger partial charge in [0.15, 0.2) is 0 Å². The SMILES string of the molecule is CC1(C(=O)O)CCCN(Cc2cccc(C#N)c2F)C1. The number of nitrogens with zero attached hydrogens (tertiary/aromatic N) is 2. The van der Waals surface area contributed by atoms with Crippen molar-refractivity contribution < 1.29 is 14.3 Å². The Labute approximate surface area is 117 Å². The Morgan fingerprint density at radius 2 is 2.35 bits per heavy atom. The minimum absolute atomic E-state index is 0.0282. The molecule has 0 aliphatic carbocycles. The van der Waals surface area contributed by atoms with Crippen LogP contribution in [0.4, 0.5) is 4.39 Å². The molecule has 2 rings (SSSR count). The Balaban J connectivity index is 2.15. The lowest BCUT2D eigenvalue weighted by atomic mass is 9.82. The maximum absolute atomic E-state index is 14.0. The number of rotatable bonds is 3. The van der Waals surface area contributed by atoms with E-state index in [1.807, 2.05) is 11.0 Å². The third kappa shape index (κ3) is 2.81. The van der Waals surface area contributed by atoms with Gasteiger partial charge in [-0.05, 0) is 32.4 Å². The highest BCUT2D eigenvalue weighted by Gasteiger charge is 2.37. The second-order valence-corrected chi connectivity index (χ2v) is 5.57. The minimum Gasteiger partial charge on any atom is -0.481 e. The number of aliphatic carboxylic acids is 1. The quantitative estimate of drug-likeness (QED) is 0.920. The van der Waals surface area contributed by atoms with Gasteiger partial charge in [0.2, 0.25) is 0 Å². The second-order valence-electron chi connectivity index (χ2n) is 5.57. The fourth-order valence-corrected chi connectivity index (χ4v) is 2.68. The van der Waals surface area contributed by atoms with E-state index in [0.717, 1.165) is 13.0 Å². The molecular formula is C15H17FN2O2. The Morgan fingerprint density at radius 1 is 1.60 bits per heavy atom. The van der Waals surface area contributed by atoms with Crippen LogP contribution < -0.4 is 0 Å². The number of piperidine rings is 1. The lowest BCUT2D eigenvalue weighted by Crippen LogP contribution is -2.45. The normalized spacial score (nSPS) is 23.2. The van der Waals surface area contributed by atoms with E-state index in [4.69, 9.17) is 5.26 Å². The molecule has 1 aliphatic rings. The first-order valence-electron chi connectivity index (χ1n) is 6.59. The van der Waals surface area contributed by atoms with Crippen molar-refractivity contribution in [2.45, 2.75) is 26.3 Å². The average Bonchev–Trinajstić information content (AvgIpc) is 2.41. The topological polar surface area (TPSA) is 64.3 Å². The van der Waals surface area contributed by atoms with Gasteiger partial charge in [-0.1, -0.05) is 12.1 Å². The Kier molecular flexibility index (Phi) is 4.05. The monoisotopic (exact) mass is 276 g/mol. The summed E-state index contributed by atoms with van der Waals surface area (Å²) in [4.78, 5) is 13.2. The summed E-state index contributed by atoms with van der Waals surface area (Å²) >= 11 is 0. The van der Waals surface area contributed by atoms with E-state index in [9.17, 15) is 14.3 Å². The van der Waals surface area contributed by atoms with Crippen molar-refractivity contribution in [1.29, 1.82) is 5.26 Å². The number of hydrogen-bond donors (Lipinski definition) is 1. The first kappa shape index (κ1) is 14.5. The van der Waals surface area contributed by atoms with Gasteiger partial charge in [-0.2, -0.15) is 5.26 Å². The van der Waals surface area contributed by atoms with Crippen LogP contribution in [-0.4, -0.2) is 29.1 Å². The zero-order chi connectivity index (χ0) is 14.8. The van der Waals surface area contributed by atoms with E-state index >= 15 is 0 Å². The van der Waals surface area contributed by atoms with Gasteiger partial charge < -0.3 is 5.11 Å². The fourth-order valence-electron chi connectivity index (χ4n) is 2.68. The second kappa shape index (κ2) is 5.59. The molecule has 0 saturated carbocycles.